The lowest BCUT2D eigenvalue weighted by atomic mass is 10.1. The molecular formula is C13H18Cl2N2. The maximum Gasteiger partial charge on any atom is 0.0642 e. The summed E-state index contributed by atoms with van der Waals surface area (Å²) in [6.07, 6.45) is 0. The van der Waals surface area contributed by atoms with Crippen LogP contribution in [-0.4, -0.2) is 37.6 Å². The van der Waals surface area contributed by atoms with E-state index in [0.29, 0.717) is 5.88 Å². The van der Waals surface area contributed by atoms with Crippen LogP contribution in [0.3, 0.4) is 0 Å². The molecule has 1 aromatic rings. The topological polar surface area (TPSA) is 6.48 Å². The van der Waals surface area contributed by atoms with Crippen molar-refractivity contribution in [3.05, 3.63) is 28.8 Å². The summed E-state index contributed by atoms with van der Waals surface area (Å²) in [6.45, 7) is 7.59. The van der Waals surface area contributed by atoms with Gasteiger partial charge in [0, 0.05) is 32.1 Å². The first kappa shape index (κ1) is 13.0. The number of benzene rings is 1. The predicted molar refractivity (Wildman–Crippen MR) is 75.3 cm³/mol. The van der Waals surface area contributed by atoms with Gasteiger partial charge in [0.2, 0.25) is 0 Å². The summed E-state index contributed by atoms with van der Waals surface area (Å²) < 4.78 is 0. The van der Waals surface area contributed by atoms with Gasteiger partial charge >= 0.3 is 0 Å². The Bertz CT molecular complexity index is 374. The molecule has 4 heteroatoms. The summed E-state index contributed by atoms with van der Waals surface area (Å²) in [6, 6.07) is 5.96. The average molecular weight is 273 g/mol. The molecule has 0 radical (unpaired) electrons. The lowest BCUT2D eigenvalue weighted by Crippen LogP contribution is -2.46. The number of hydrogen-bond donors (Lipinski definition) is 0. The summed E-state index contributed by atoms with van der Waals surface area (Å²) in [5.74, 6) is 0.518. The molecule has 0 bridgehead atoms. The van der Waals surface area contributed by atoms with Crippen LogP contribution in [0.25, 0.3) is 0 Å². The highest BCUT2D eigenvalue weighted by Crippen LogP contribution is 2.31. The summed E-state index contributed by atoms with van der Waals surface area (Å²) in [4.78, 5) is 4.81. The molecule has 1 heterocycles. The van der Waals surface area contributed by atoms with Crippen LogP contribution in [0.4, 0.5) is 5.69 Å². The van der Waals surface area contributed by atoms with Crippen molar-refractivity contribution in [3.8, 4) is 0 Å². The smallest absolute Gasteiger partial charge is 0.0642 e. The van der Waals surface area contributed by atoms with Crippen LogP contribution in [0.2, 0.25) is 5.02 Å². The Balaban J connectivity index is 2.17. The fraction of sp³-hybridized carbons (Fsp3) is 0.538. The van der Waals surface area contributed by atoms with E-state index >= 15 is 0 Å². The average Bonchev–Trinajstić information content (AvgIpc) is 2.38. The van der Waals surface area contributed by atoms with Crippen LogP contribution in [0, 0.1) is 0 Å². The molecule has 0 aromatic heterocycles. The largest absolute Gasteiger partial charge is 0.368 e. The highest BCUT2D eigenvalue weighted by atomic mass is 35.5. The monoisotopic (exact) mass is 272 g/mol. The molecule has 0 atom stereocenters. The second kappa shape index (κ2) is 5.94. The number of anilines is 1. The van der Waals surface area contributed by atoms with E-state index in [2.05, 4.69) is 22.8 Å². The molecule has 0 saturated carbocycles. The van der Waals surface area contributed by atoms with Gasteiger partial charge in [0.15, 0.2) is 0 Å². The Kier molecular flexibility index (Phi) is 4.55. The molecule has 17 heavy (non-hydrogen) atoms. The molecule has 2 rings (SSSR count). The van der Waals surface area contributed by atoms with Crippen LogP contribution in [0.5, 0.6) is 0 Å². The fourth-order valence-corrected chi connectivity index (χ4v) is 2.84. The van der Waals surface area contributed by atoms with E-state index in [0.717, 1.165) is 49.0 Å². The molecule has 1 saturated heterocycles. The molecule has 0 N–H and O–H groups in total. The standard InChI is InChI=1S/C13H18Cl2N2/c1-2-16-6-8-17(9-7-16)13-11(10-14)4-3-5-12(13)15/h3-5H,2,6-10H2,1H3. The number of halogens is 2. The second-order valence-electron chi connectivity index (χ2n) is 4.30. The van der Waals surface area contributed by atoms with Gasteiger partial charge < -0.3 is 9.80 Å². The molecule has 0 amide bonds. The van der Waals surface area contributed by atoms with E-state index in [-0.39, 0.29) is 0 Å². The number of piperazine rings is 1. The molecule has 1 aliphatic rings. The van der Waals surface area contributed by atoms with Crippen molar-refractivity contribution in [1.29, 1.82) is 0 Å². The molecule has 2 nitrogen and oxygen atoms in total. The van der Waals surface area contributed by atoms with Gasteiger partial charge in [0.1, 0.15) is 0 Å². The van der Waals surface area contributed by atoms with Crippen molar-refractivity contribution < 1.29 is 0 Å². The number of hydrogen-bond acceptors (Lipinski definition) is 2. The minimum atomic E-state index is 0.518. The number of alkyl halides is 1. The third-order valence-electron chi connectivity index (χ3n) is 3.35. The van der Waals surface area contributed by atoms with Crippen molar-refractivity contribution >= 4 is 28.9 Å². The van der Waals surface area contributed by atoms with Gasteiger partial charge in [-0.1, -0.05) is 30.7 Å². The zero-order valence-electron chi connectivity index (χ0n) is 10.1. The van der Waals surface area contributed by atoms with Crippen molar-refractivity contribution in [1.82, 2.24) is 4.90 Å². The van der Waals surface area contributed by atoms with Crippen LogP contribution in [0.15, 0.2) is 18.2 Å². The van der Waals surface area contributed by atoms with Gasteiger partial charge in [-0.2, -0.15) is 0 Å². The summed E-state index contributed by atoms with van der Waals surface area (Å²) >= 11 is 12.3. The van der Waals surface area contributed by atoms with Crippen molar-refractivity contribution in [2.75, 3.05) is 37.6 Å². The fourth-order valence-electron chi connectivity index (χ4n) is 2.31. The van der Waals surface area contributed by atoms with E-state index in [1.807, 2.05) is 12.1 Å². The molecule has 1 aromatic carbocycles. The quantitative estimate of drug-likeness (QED) is 0.780. The zero-order valence-corrected chi connectivity index (χ0v) is 11.6. The van der Waals surface area contributed by atoms with E-state index in [1.165, 1.54) is 0 Å². The van der Waals surface area contributed by atoms with Crippen LogP contribution in [0.1, 0.15) is 12.5 Å². The maximum atomic E-state index is 6.30. The third-order valence-corrected chi connectivity index (χ3v) is 3.94. The highest BCUT2D eigenvalue weighted by Gasteiger charge is 2.19. The first-order chi connectivity index (χ1) is 8.26. The second-order valence-corrected chi connectivity index (χ2v) is 4.98. The Labute approximate surface area is 113 Å². The number of nitrogens with zero attached hydrogens (tertiary/aromatic N) is 2. The van der Waals surface area contributed by atoms with Crippen molar-refractivity contribution in [2.24, 2.45) is 0 Å². The van der Waals surface area contributed by atoms with E-state index in [9.17, 15) is 0 Å². The predicted octanol–water partition coefficient (Wildman–Crippen LogP) is 3.22. The first-order valence-corrected chi connectivity index (χ1v) is 6.98. The molecule has 0 unspecified atom stereocenters. The molecule has 1 fully saturated rings. The van der Waals surface area contributed by atoms with Gasteiger partial charge in [0.25, 0.3) is 0 Å². The van der Waals surface area contributed by atoms with Gasteiger partial charge in [0.05, 0.1) is 10.7 Å². The molecule has 94 valence electrons. The van der Waals surface area contributed by atoms with Crippen LogP contribution >= 0.6 is 23.2 Å². The summed E-state index contributed by atoms with van der Waals surface area (Å²) in [5.41, 5.74) is 2.25. The minimum absolute atomic E-state index is 0.518. The summed E-state index contributed by atoms with van der Waals surface area (Å²) in [5, 5.41) is 0.813. The van der Waals surface area contributed by atoms with Gasteiger partial charge in [-0.25, -0.2) is 0 Å². The lowest BCUT2D eigenvalue weighted by Gasteiger charge is -2.36. The Morgan fingerprint density at radius 1 is 1.18 bits per heavy atom. The van der Waals surface area contributed by atoms with Gasteiger partial charge in [-0.3, -0.25) is 0 Å². The summed E-state index contributed by atoms with van der Waals surface area (Å²) in [7, 11) is 0. The third kappa shape index (κ3) is 2.87. The Morgan fingerprint density at radius 3 is 2.47 bits per heavy atom. The first-order valence-electron chi connectivity index (χ1n) is 6.07. The Morgan fingerprint density at radius 2 is 1.88 bits per heavy atom. The lowest BCUT2D eigenvalue weighted by molar-refractivity contribution is 0.271. The minimum Gasteiger partial charge on any atom is -0.368 e. The highest BCUT2D eigenvalue weighted by molar-refractivity contribution is 6.33. The molecule has 0 spiro atoms. The molecule has 0 aliphatic carbocycles. The van der Waals surface area contributed by atoms with E-state index < -0.39 is 0 Å². The van der Waals surface area contributed by atoms with Crippen LogP contribution < -0.4 is 4.90 Å². The maximum absolute atomic E-state index is 6.30. The Hall–Kier alpha value is -0.440. The van der Waals surface area contributed by atoms with Crippen LogP contribution in [-0.2, 0) is 5.88 Å². The van der Waals surface area contributed by atoms with Crippen molar-refractivity contribution in [3.63, 3.8) is 0 Å². The number of likely N-dealkylation sites (N-methyl/N-ethyl adjacent to an activating group) is 1. The number of rotatable bonds is 3. The van der Waals surface area contributed by atoms with Gasteiger partial charge in [-0.15, -0.1) is 11.6 Å². The zero-order chi connectivity index (χ0) is 12.3. The SMILES string of the molecule is CCN1CCN(c2c(Cl)cccc2CCl)CC1. The molecular weight excluding hydrogens is 255 g/mol. The molecule has 1 aliphatic heterocycles. The van der Waals surface area contributed by atoms with Gasteiger partial charge in [-0.05, 0) is 18.2 Å². The van der Waals surface area contributed by atoms with E-state index in [1.54, 1.807) is 0 Å². The van der Waals surface area contributed by atoms with Crippen molar-refractivity contribution in [2.45, 2.75) is 12.8 Å². The van der Waals surface area contributed by atoms with E-state index in [4.69, 9.17) is 23.2 Å². The number of para-hydroxylation sites is 1. The normalized spacial score (nSPS) is 17.5.